The molecular formula is C12H20N2OS2. The second-order valence-electron chi connectivity index (χ2n) is 4.53. The molecule has 2 rings (SSSR count). The van der Waals surface area contributed by atoms with Crippen LogP contribution in [0.2, 0.25) is 0 Å². The van der Waals surface area contributed by atoms with Gasteiger partial charge in [0.1, 0.15) is 5.82 Å². The molecule has 0 bridgehead atoms. The van der Waals surface area contributed by atoms with Crippen LogP contribution < -0.4 is 0 Å². The Bertz CT molecular complexity index is 324. The number of methoxy groups -OCH3 is 1. The Kier molecular flexibility index (Phi) is 5.74. The maximum absolute atomic E-state index is 5.03. The van der Waals surface area contributed by atoms with E-state index in [0.717, 1.165) is 22.5 Å². The molecule has 1 aromatic rings. The van der Waals surface area contributed by atoms with Crippen LogP contribution in [-0.2, 0) is 11.2 Å². The van der Waals surface area contributed by atoms with Crippen molar-refractivity contribution in [1.29, 1.82) is 0 Å². The zero-order valence-corrected chi connectivity index (χ0v) is 12.0. The summed E-state index contributed by atoms with van der Waals surface area (Å²) < 4.78 is 10.5. The van der Waals surface area contributed by atoms with Crippen LogP contribution in [0.4, 0.5) is 0 Å². The Morgan fingerprint density at radius 1 is 1.35 bits per heavy atom. The van der Waals surface area contributed by atoms with E-state index in [4.69, 9.17) is 4.74 Å². The molecule has 0 atom stereocenters. The Morgan fingerprint density at radius 3 is 2.94 bits per heavy atom. The molecule has 1 aliphatic carbocycles. The number of aromatic nitrogens is 2. The zero-order chi connectivity index (χ0) is 11.9. The second kappa shape index (κ2) is 7.34. The van der Waals surface area contributed by atoms with Crippen LogP contribution in [0.5, 0.6) is 0 Å². The van der Waals surface area contributed by atoms with E-state index in [1.54, 1.807) is 7.11 Å². The first-order valence-electron chi connectivity index (χ1n) is 6.33. The lowest BCUT2D eigenvalue weighted by atomic mass is 9.91. The molecule has 5 heteroatoms. The summed E-state index contributed by atoms with van der Waals surface area (Å²) in [6.07, 6.45) is 7.91. The van der Waals surface area contributed by atoms with Gasteiger partial charge in [-0.3, -0.25) is 0 Å². The molecule has 96 valence electrons. The number of nitrogens with zero attached hydrogens (tertiary/aromatic N) is 2. The molecule has 0 unspecified atom stereocenters. The summed E-state index contributed by atoms with van der Waals surface area (Å²) in [5.74, 6) is 3.06. The second-order valence-corrected chi connectivity index (χ2v) is 6.55. The van der Waals surface area contributed by atoms with E-state index in [-0.39, 0.29) is 0 Å². The van der Waals surface area contributed by atoms with Crippen molar-refractivity contribution < 1.29 is 4.74 Å². The number of hydrogen-bond acceptors (Lipinski definition) is 5. The predicted molar refractivity (Wildman–Crippen MR) is 72.8 cm³/mol. The average Bonchev–Trinajstić information content (AvgIpc) is 2.83. The van der Waals surface area contributed by atoms with Crippen molar-refractivity contribution in [2.75, 3.05) is 19.5 Å². The molecule has 0 N–H and O–H groups in total. The molecule has 1 fully saturated rings. The van der Waals surface area contributed by atoms with Gasteiger partial charge in [0.15, 0.2) is 4.34 Å². The molecular weight excluding hydrogens is 252 g/mol. The van der Waals surface area contributed by atoms with E-state index >= 15 is 0 Å². The summed E-state index contributed by atoms with van der Waals surface area (Å²) in [6.45, 7) is 0.712. The van der Waals surface area contributed by atoms with Crippen LogP contribution in [-0.4, -0.2) is 28.8 Å². The molecule has 3 nitrogen and oxygen atoms in total. The highest BCUT2D eigenvalue weighted by atomic mass is 32.2. The summed E-state index contributed by atoms with van der Waals surface area (Å²) in [5.41, 5.74) is 0. The molecule has 0 spiro atoms. The smallest absolute Gasteiger partial charge is 0.170 e. The van der Waals surface area contributed by atoms with Crippen molar-refractivity contribution in [2.24, 2.45) is 5.92 Å². The van der Waals surface area contributed by atoms with Gasteiger partial charge >= 0.3 is 0 Å². The zero-order valence-electron chi connectivity index (χ0n) is 10.4. The van der Waals surface area contributed by atoms with E-state index in [2.05, 4.69) is 9.36 Å². The maximum Gasteiger partial charge on any atom is 0.170 e. The van der Waals surface area contributed by atoms with Crippen LogP contribution in [0, 0.1) is 5.92 Å². The Hall–Kier alpha value is -0.130. The van der Waals surface area contributed by atoms with Gasteiger partial charge in [-0.1, -0.05) is 31.0 Å². The van der Waals surface area contributed by atoms with Gasteiger partial charge in [-0.2, -0.15) is 4.37 Å². The molecule has 0 amide bonds. The van der Waals surface area contributed by atoms with Gasteiger partial charge in [0, 0.05) is 19.3 Å². The lowest BCUT2D eigenvalue weighted by Gasteiger charge is -2.20. The number of ether oxygens (including phenoxy) is 1. The van der Waals surface area contributed by atoms with Crippen molar-refractivity contribution in [1.82, 2.24) is 9.36 Å². The van der Waals surface area contributed by atoms with Gasteiger partial charge < -0.3 is 4.74 Å². The maximum atomic E-state index is 5.03. The minimum Gasteiger partial charge on any atom is -0.384 e. The standard InChI is InChI=1S/C12H20N2OS2/c1-15-8-7-11-13-12(17-14-11)16-9-10-5-3-2-4-6-10/h10H,2-9H2,1H3. The Labute approximate surface area is 112 Å². The van der Waals surface area contributed by atoms with Gasteiger partial charge in [-0.15, -0.1) is 0 Å². The van der Waals surface area contributed by atoms with Gasteiger partial charge in [-0.25, -0.2) is 4.98 Å². The van der Waals surface area contributed by atoms with Crippen LogP contribution >= 0.6 is 23.3 Å². The monoisotopic (exact) mass is 272 g/mol. The Morgan fingerprint density at radius 2 is 2.18 bits per heavy atom. The van der Waals surface area contributed by atoms with Crippen LogP contribution in [0.15, 0.2) is 4.34 Å². The van der Waals surface area contributed by atoms with Crippen molar-refractivity contribution in [3.05, 3.63) is 5.82 Å². The molecule has 0 aliphatic heterocycles. The summed E-state index contributed by atoms with van der Waals surface area (Å²) in [5, 5.41) is 0. The van der Waals surface area contributed by atoms with Gasteiger partial charge in [-0.05, 0) is 30.3 Å². The van der Waals surface area contributed by atoms with Gasteiger partial charge in [0.2, 0.25) is 0 Å². The molecule has 1 saturated carbocycles. The van der Waals surface area contributed by atoms with Gasteiger partial charge in [0.05, 0.1) is 6.61 Å². The summed E-state index contributed by atoms with van der Waals surface area (Å²) in [6, 6.07) is 0. The largest absolute Gasteiger partial charge is 0.384 e. The van der Waals surface area contributed by atoms with E-state index < -0.39 is 0 Å². The SMILES string of the molecule is COCCc1nsc(SCC2CCCCC2)n1. The first-order valence-corrected chi connectivity index (χ1v) is 8.08. The normalized spacial score (nSPS) is 17.5. The fourth-order valence-corrected chi connectivity index (χ4v) is 4.00. The lowest BCUT2D eigenvalue weighted by Crippen LogP contribution is -2.08. The molecule has 0 saturated heterocycles. The Balaban J connectivity index is 1.72. The third kappa shape index (κ3) is 4.56. The van der Waals surface area contributed by atoms with Crippen molar-refractivity contribution in [3.8, 4) is 0 Å². The predicted octanol–water partition coefficient (Wildman–Crippen LogP) is 3.40. The molecule has 1 aliphatic rings. The van der Waals surface area contributed by atoms with Gasteiger partial charge in [0.25, 0.3) is 0 Å². The quantitative estimate of drug-likeness (QED) is 0.743. The first-order chi connectivity index (χ1) is 8.38. The topological polar surface area (TPSA) is 35.0 Å². The average molecular weight is 272 g/mol. The van der Waals surface area contributed by atoms with Crippen molar-refractivity contribution >= 4 is 23.3 Å². The summed E-state index contributed by atoms with van der Waals surface area (Å²) >= 11 is 3.42. The molecule has 0 aromatic carbocycles. The van der Waals surface area contributed by atoms with Crippen LogP contribution in [0.25, 0.3) is 0 Å². The molecule has 1 heterocycles. The van der Waals surface area contributed by atoms with Crippen molar-refractivity contribution in [3.63, 3.8) is 0 Å². The molecule has 1 aromatic heterocycles. The van der Waals surface area contributed by atoms with E-state index in [9.17, 15) is 0 Å². The molecule has 17 heavy (non-hydrogen) atoms. The lowest BCUT2D eigenvalue weighted by molar-refractivity contribution is 0.200. The summed E-state index contributed by atoms with van der Waals surface area (Å²) in [4.78, 5) is 4.52. The van der Waals surface area contributed by atoms with Crippen LogP contribution in [0.3, 0.4) is 0 Å². The fraction of sp³-hybridized carbons (Fsp3) is 0.833. The number of hydrogen-bond donors (Lipinski definition) is 0. The highest BCUT2D eigenvalue weighted by molar-refractivity contribution is 8.00. The minimum atomic E-state index is 0.712. The van der Waals surface area contributed by atoms with E-state index in [0.29, 0.717) is 6.61 Å². The summed E-state index contributed by atoms with van der Waals surface area (Å²) in [7, 11) is 1.71. The molecule has 0 radical (unpaired) electrons. The third-order valence-corrected chi connectivity index (χ3v) is 5.25. The van der Waals surface area contributed by atoms with Crippen molar-refractivity contribution in [2.45, 2.75) is 42.9 Å². The minimum absolute atomic E-state index is 0.712. The van der Waals surface area contributed by atoms with E-state index in [1.165, 1.54) is 49.4 Å². The fourth-order valence-electron chi connectivity index (χ4n) is 2.13. The highest BCUT2D eigenvalue weighted by Crippen LogP contribution is 2.30. The first kappa shape index (κ1) is 13.3. The number of rotatable bonds is 6. The van der Waals surface area contributed by atoms with E-state index in [1.807, 2.05) is 11.8 Å². The highest BCUT2D eigenvalue weighted by Gasteiger charge is 2.14. The van der Waals surface area contributed by atoms with Crippen LogP contribution in [0.1, 0.15) is 37.9 Å². The number of thioether (sulfide) groups is 1. The third-order valence-electron chi connectivity index (χ3n) is 3.15.